The highest BCUT2D eigenvalue weighted by molar-refractivity contribution is 7.91. The fourth-order valence-corrected chi connectivity index (χ4v) is 3.99. The second-order valence-corrected chi connectivity index (χ2v) is 7.34. The zero-order valence-corrected chi connectivity index (χ0v) is 12.0. The minimum absolute atomic E-state index is 0.00429. The first-order valence-corrected chi connectivity index (χ1v) is 8.06. The first-order chi connectivity index (χ1) is 8.80. The Balaban J connectivity index is 2.25. The molecule has 1 unspecified atom stereocenters. The number of sulfone groups is 1. The number of carbonyl (C=O) groups is 1. The van der Waals surface area contributed by atoms with Gasteiger partial charge in [-0.25, -0.2) is 8.42 Å². The van der Waals surface area contributed by atoms with Crippen LogP contribution in [-0.2, 0) is 9.84 Å². The third-order valence-electron chi connectivity index (χ3n) is 3.15. The summed E-state index contributed by atoms with van der Waals surface area (Å²) in [6.07, 6.45) is 0. The molecule has 0 radical (unpaired) electrons. The van der Waals surface area contributed by atoms with E-state index in [-0.39, 0.29) is 35.0 Å². The van der Waals surface area contributed by atoms with Gasteiger partial charge in [0, 0.05) is 18.3 Å². The Bertz CT molecular complexity index is 615. The molecule has 2 rings (SSSR count). The highest BCUT2D eigenvalue weighted by Gasteiger charge is 2.32. The molecule has 7 heteroatoms. The molecular formula is C12H15ClN2O3S. The molecule has 0 aromatic heterocycles. The second-order valence-electron chi connectivity index (χ2n) is 4.70. The maximum atomic E-state index is 12.4. The maximum Gasteiger partial charge on any atom is 0.255 e. The second kappa shape index (κ2) is 5.02. The van der Waals surface area contributed by atoms with E-state index in [2.05, 4.69) is 0 Å². The smallest absolute Gasteiger partial charge is 0.255 e. The van der Waals surface area contributed by atoms with E-state index in [9.17, 15) is 13.2 Å². The van der Waals surface area contributed by atoms with Gasteiger partial charge < -0.3 is 10.6 Å². The van der Waals surface area contributed by atoms with E-state index in [1.54, 1.807) is 24.0 Å². The van der Waals surface area contributed by atoms with Crippen LogP contribution in [0.5, 0.6) is 0 Å². The molecule has 1 amide bonds. The number of nitrogens with two attached hydrogens (primary N) is 1. The zero-order chi connectivity index (χ0) is 14.2. The van der Waals surface area contributed by atoms with Gasteiger partial charge in [0.05, 0.1) is 22.1 Å². The van der Waals surface area contributed by atoms with E-state index in [4.69, 9.17) is 17.3 Å². The van der Waals surface area contributed by atoms with Crippen molar-refractivity contribution in [1.82, 2.24) is 4.90 Å². The van der Waals surface area contributed by atoms with Crippen molar-refractivity contribution in [3.05, 3.63) is 28.8 Å². The van der Waals surface area contributed by atoms with Crippen molar-refractivity contribution in [1.29, 1.82) is 0 Å². The van der Waals surface area contributed by atoms with Crippen molar-refractivity contribution >= 4 is 33.0 Å². The Morgan fingerprint density at radius 3 is 2.74 bits per heavy atom. The Morgan fingerprint density at radius 2 is 2.16 bits per heavy atom. The summed E-state index contributed by atoms with van der Waals surface area (Å²) >= 11 is 6.00. The summed E-state index contributed by atoms with van der Waals surface area (Å²) in [7, 11) is -3.04. The van der Waals surface area contributed by atoms with Gasteiger partial charge in [-0.2, -0.15) is 0 Å². The predicted octanol–water partition coefficient (Wildman–Crippen LogP) is 1.18. The molecule has 1 heterocycles. The van der Waals surface area contributed by atoms with Gasteiger partial charge in [-0.3, -0.25) is 4.79 Å². The minimum Gasteiger partial charge on any atom is -0.399 e. The largest absolute Gasteiger partial charge is 0.399 e. The number of benzene rings is 1. The summed E-state index contributed by atoms with van der Waals surface area (Å²) in [5.41, 5.74) is 6.41. The molecular weight excluding hydrogens is 288 g/mol. The van der Waals surface area contributed by atoms with Crippen LogP contribution in [0.2, 0.25) is 5.02 Å². The molecule has 104 valence electrons. The average Bonchev–Trinajstić information content (AvgIpc) is 2.26. The maximum absolute atomic E-state index is 12.4. The fraction of sp³-hybridized carbons (Fsp3) is 0.417. The summed E-state index contributed by atoms with van der Waals surface area (Å²) in [4.78, 5) is 13.9. The predicted molar refractivity (Wildman–Crippen MR) is 75.0 cm³/mol. The zero-order valence-electron chi connectivity index (χ0n) is 10.5. The number of rotatable bonds is 1. The van der Waals surface area contributed by atoms with Crippen molar-refractivity contribution in [2.75, 3.05) is 23.8 Å². The van der Waals surface area contributed by atoms with Gasteiger partial charge >= 0.3 is 0 Å². The van der Waals surface area contributed by atoms with E-state index in [0.717, 1.165) is 0 Å². The lowest BCUT2D eigenvalue weighted by Crippen LogP contribution is -2.49. The van der Waals surface area contributed by atoms with Gasteiger partial charge in [0.2, 0.25) is 0 Å². The number of carbonyl (C=O) groups excluding carboxylic acids is 1. The van der Waals surface area contributed by atoms with Crippen molar-refractivity contribution in [2.45, 2.75) is 13.0 Å². The van der Waals surface area contributed by atoms with Gasteiger partial charge in [0.25, 0.3) is 5.91 Å². The highest BCUT2D eigenvalue weighted by Crippen LogP contribution is 2.23. The molecule has 1 aromatic rings. The number of amides is 1. The first kappa shape index (κ1) is 14.1. The van der Waals surface area contributed by atoms with E-state index in [0.29, 0.717) is 11.3 Å². The number of nitrogens with zero attached hydrogens (tertiary/aromatic N) is 1. The van der Waals surface area contributed by atoms with E-state index in [1.807, 2.05) is 0 Å². The number of nitrogen functional groups attached to an aromatic ring is 1. The lowest BCUT2D eigenvalue weighted by molar-refractivity contribution is 0.0713. The SMILES string of the molecule is CC1CS(=O)(=O)CCN1C(=O)c1ccc(N)cc1Cl. The Kier molecular flexibility index (Phi) is 3.73. The third-order valence-corrected chi connectivity index (χ3v) is 5.26. The summed E-state index contributed by atoms with van der Waals surface area (Å²) in [6.45, 7) is 1.92. The quantitative estimate of drug-likeness (QED) is 0.790. The monoisotopic (exact) mass is 302 g/mol. The van der Waals surface area contributed by atoms with Crippen LogP contribution in [-0.4, -0.2) is 43.3 Å². The molecule has 0 bridgehead atoms. The summed E-state index contributed by atoms with van der Waals surface area (Å²) in [5, 5.41) is 0.283. The Labute approximate surface area is 117 Å². The van der Waals surface area contributed by atoms with E-state index >= 15 is 0 Å². The van der Waals surface area contributed by atoms with Crippen molar-refractivity contribution in [2.24, 2.45) is 0 Å². The van der Waals surface area contributed by atoms with Crippen LogP contribution in [0.1, 0.15) is 17.3 Å². The third kappa shape index (κ3) is 3.01. The lowest BCUT2D eigenvalue weighted by Gasteiger charge is -2.33. The topological polar surface area (TPSA) is 80.5 Å². The van der Waals surface area contributed by atoms with Gasteiger partial charge in [-0.15, -0.1) is 0 Å². The van der Waals surface area contributed by atoms with Crippen LogP contribution in [0.3, 0.4) is 0 Å². The summed E-state index contributed by atoms with van der Waals surface area (Å²) in [5.74, 6) is -0.270. The van der Waals surface area contributed by atoms with Crippen LogP contribution in [0.4, 0.5) is 5.69 Å². The van der Waals surface area contributed by atoms with Crippen LogP contribution in [0, 0.1) is 0 Å². The fourth-order valence-electron chi connectivity index (χ4n) is 2.16. The van der Waals surface area contributed by atoms with E-state index < -0.39 is 9.84 Å². The van der Waals surface area contributed by atoms with Crippen LogP contribution < -0.4 is 5.73 Å². The highest BCUT2D eigenvalue weighted by atomic mass is 35.5. The van der Waals surface area contributed by atoms with Crippen molar-refractivity contribution in [3.8, 4) is 0 Å². The lowest BCUT2D eigenvalue weighted by atomic mass is 10.1. The molecule has 1 aliphatic heterocycles. The number of hydrogen-bond donors (Lipinski definition) is 1. The molecule has 1 fully saturated rings. The van der Waals surface area contributed by atoms with Gasteiger partial charge in [0.15, 0.2) is 9.84 Å². The molecule has 2 N–H and O–H groups in total. The molecule has 1 aromatic carbocycles. The van der Waals surface area contributed by atoms with Gasteiger partial charge in [0.1, 0.15) is 0 Å². The molecule has 1 aliphatic rings. The summed E-state index contributed by atoms with van der Waals surface area (Å²) in [6, 6.07) is 4.33. The molecule has 1 atom stereocenters. The molecule has 5 nitrogen and oxygen atoms in total. The number of halogens is 1. The molecule has 0 saturated carbocycles. The van der Waals surface area contributed by atoms with E-state index in [1.165, 1.54) is 6.07 Å². The number of hydrogen-bond acceptors (Lipinski definition) is 4. The van der Waals surface area contributed by atoms with Gasteiger partial charge in [-0.1, -0.05) is 11.6 Å². The number of anilines is 1. The molecule has 0 aliphatic carbocycles. The van der Waals surface area contributed by atoms with Crippen molar-refractivity contribution in [3.63, 3.8) is 0 Å². The summed E-state index contributed by atoms with van der Waals surface area (Å²) < 4.78 is 23.0. The van der Waals surface area contributed by atoms with Crippen LogP contribution >= 0.6 is 11.6 Å². The molecule has 19 heavy (non-hydrogen) atoms. The molecule has 1 saturated heterocycles. The van der Waals surface area contributed by atoms with Crippen molar-refractivity contribution < 1.29 is 13.2 Å². The molecule has 0 spiro atoms. The van der Waals surface area contributed by atoms with Crippen LogP contribution in [0.15, 0.2) is 18.2 Å². The standard InChI is InChI=1S/C12H15ClN2O3S/c1-8-7-19(17,18)5-4-15(8)12(16)10-3-2-9(14)6-11(10)13/h2-3,6,8H,4-5,7,14H2,1H3. The van der Waals surface area contributed by atoms with Gasteiger partial charge in [-0.05, 0) is 25.1 Å². The first-order valence-electron chi connectivity index (χ1n) is 5.86. The normalized spacial score (nSPS) is 22.2. The Morgan fingerprint density at radius 1 is 1.47 bits per heavy atom. The Hall–Kier alpha value is -1.27. The minimum atomic E-state index is -3.04. The average molecular weight is 303 g/mol. The van der Waals surface area contributed by atoms with Crippen LogP contribution in [0.25, 0.3) is 0 Å².